The molecule has 2 atom stereocenters. The maximum atomic E-state index is 12.8. The Hall–Kier alpha value is -2.75. The summed E-state index contributed by atoms with van der Waals surface area (Å²) in [7, 11) is -3.39. The molecule has 2 unspecified atom stereocenters. The standard InChI is InChI=1S/C28H22Br2O6S/c29-27-21-7-3-1-5-17(21)9-11-23(27)35-25(31)13-19-15-37(33,34)16-20(19)14-26(32)36-24-12-10-18-6-2-4-8-22(18)28(24)30/h1-12,19-20H,13-16H2. The lowest BCUT2D eigenvalue weighted by Gasteiger charge is -2.17. The van der Waals surface area contributed by atoms with Crippen LogP contribution in [0.4, 0.5) is 0 Å². The van der Waals surface area contributed by atoms with Crippen LogP contribution in [0.5, 0.6) is 11.5 Å². The second-order valence-electron chi connectivity index (χ2n) is 9.15. The summed E-state index contributed by atoms with van der Waals surface area (Å²) < 4.78 is 37.3. The van der Waals surface area contributed by atoms with Gasteiger partial charge in [-0.3, -0.25) is 9.59 Å². The zero-order chi connectivity index (χ0) is 26.2. The van der Waals surface area contributed by atoms with Crippen LogP contribution in [0.15, 0.2) is 81.7 Å². The van der Waals surface area contributed by atoms with E-state index in [4.69, 9.17) is 9.47 Å². The van der Waals surface area contributed by atoms with Gasteiger partial charge in [-0.25, -0.2) is 8.42 Å². The van der Waals surface area contributed by atoms with E-state index < -0.39 is 33.6 Å². The molecule has 0 amide bonds. The van der Waals surface area contributed by atoms with E-state index in [2.05, 4.69) is 31.9 Å². The maximum Gasteiger partial charge on any atom is 0.311 e. The third kappa shape index (κ3) is 5.73. The average Bonchev–Trinajstić information content (AvgIpc) is 3.15. The molecule has 0 N–H and O–H groups in total. The van der Waals surface area contributed by atoms with Crippen LogP contribution < -0.4 is 9.47 Å². The van der Waals surface area contributed by atoms with Gasteiger partial charge < -0.3 is 9.47 Å². The molecule has 4 aromatic rings. The van der Waals surface area contributed by atoms with Gasteiger partial charge in [-0.15, -0.1) is 0 Å². The number of carbonyl (C=O) groups excluding carboxylic acids is 2. The fourth-order valence-electron chi connectivity index (χ4n) is 4.79. The number of carbonyl (C=O) groups is 2. The first-order valence-electron chi connectivity index (χ1n) is 11.7. The van der Waals surface area contributed by atoms with Gasteiger partial charge in [0.15, 0.2) is 9.84 Å². The number of benzene rings is 4. The van der Waals surface area contributed by atoms with E-state index in [1.807, 2.05) is 60.7 Å². The monoisotopic (exact) mass is 644 g/mol. The third-order valence-corrected chi connectivity index (χ3v) is 10.1. The lowest BCUT2D eigenvalue weighted by atomic mass is 9.90. The van der Waals surface area contributed by atoms with Crippen molar-refractivity contribution in [3.63, 3.8) is 0 Å². The largest absolute Gasteiger partial charge is 0.425 e. The molecule has 5 rings (SSSR count). The summed E-state index contributed by atoms with van der Waals surface area (Å²) in [4.78, 5) is 25.6. The number of hydrogen-bond donors (Lipinski definition) is 0. The zero-order valence-corrected chi connectivity index (χ0v) is 23.5. The number of sulfone groups is 1. The summed E-state index contributed by atoms with van der Waals surface area (Å²) in [6.45, 7) is 0. The SMILES string of the molecule is O=C(CC1CS(=O)(=O)CC1CC(=O)Oc1ccc2ccccc2c1Br)Oc1ccc2ccccc2c1Br. The zero-order valence-electron chi connectivity index (χ0n) is 19.5. The highest BCUT2D eigenvalue weighted by molar-refractivity contribution is 9.11. The number of halogens is 2. The second kappa shape index (κ2) is 10.6. The first-order chi connectivity index (χ1) is 17.7. The van der Waals surface area contributed by atoms with Crippen LogP contribution >= 0.6 is 31.9 Å². The minimum Gasteiger partial charge on any atom is -0.425 e. The lowest BCUT2D eigenvalue weighted by molar-refractivity contribution is -0.138. The molecular weight excluding hydrogens is 624 g/mol. The number of esters is 2. The van der Waals surface area contributed by atoms with Crippen molar-refractivity contribution in [1.29, 1.82) is 0 Å². The Morgan fingerprint density at radius 1 is 0.676 bits per heavy atom. The Bertz CT molecular complexity index is 1520. The number of rotatable bonds is 6. The van der Waals surface area contributed by atoms with Crippen molar-refractivity contribution in [2.75, 3.05) is 11.5 Å². The molecule has 6 nitrogen and oxygen atoms in total. The number of hydrogen-bond acceptors (Lipinski definition) is 6. The van der Waals surface area contributed by atoms with Crippen molar-refractivity contribution < 1.29 is 27.5 Å². The molecule has 1 saturated heterocycles. The number of ether oxygens (including phenoxy) is 2. The van der Waals surface area contributed by atoms with Crippen molar-refractivity contribution in [2.45, 2.75) is 12.8 Å². The predicted octanol–water partition coefficient (Wildman–Crippen LogP) is 6.47. The van der Waals surface area contributed by atoms with Gasteiger partial charge in [0.25, 0.3) is 0 Å². The molecule has 1 aliphatic rings. The van der Waals surface area contributed by atoms with Crippen molar-refractivity contribution in [3.8, 4) is 11.5 Å². The summed E-state index contributed by atoms with van der Waals surface area (Å²) in [6.07, 6.45) is -0.230. The van der Waals surface area contributed by atoms with E-state index in [0.717, 1.165) is 21.5 Å². The second-order valence-corrected chi connectivity index (χ2v) is 12.9. The first kappa shape index (κ1) is 25.9. The van der Waals surface area contributed by atoms with Gasteiger partial charge in [0, 0.05) is 0 Å². The summed E-state index contributed by atoms with van der Waals surface area (Å²) in [6, 6.07) is 22.5. The Balaban J connectivity index is 1.27. The molecule has 37 heavy (non-hydrogen) atoms. The van der Waals surface area contributed by atoms with E-state index in [9.17, 15) is 18.0 Å². The Morgan fingerprint density at radius 3 is 1.51 bits per heavy atom. The minimum absolute atomic E-state index is 0.115. The average molecular weight is 646 g/mol. The van der Waals surface area contributed by atoms with E-state index in [1.54, 1.807) is 12.1 Å². The van der Waals surface area contributed by atoms with Gasteiger partial charge in [0.05, 0.1) is 33.3 Å². The lowest BCUT2D eigenvalue weighted by Crippen LogP contribution is -2.23. The molecule has 9 heteroatoms. The Labute approximate surface area is 231 Å². The van der Waals surface area contributed by atoms with E-state index >= 15 is 0 Å². The summed E-state index contributed by atoms with van der Waals surface area (Å²) in [5.41, 5.74) is 0. The predicted molar refractivity (Wildman–Crippen MR) is 149 cm³/mol. The molecule has 190 valence electrons. The van der Waals surface area contributed by atoms with Gasteiger partial charge >= 0.3 is 11.9 Å². The van der Waals surface area contributed by atoms with Crippen LogP contribution in [0.1, 0.15) is 12.8 Å². The van der Waals surface area contributed by atoms with Gasteiger partial charge in [-0.2, -0.15) is 0 Å². The van der Waals surface area contributed by atoms with Crippen molar-refractivity contribution >= 4 is 75.2 Å². The van der Waals surface area contributed by atoms with Gasteiger partial charge in [-0.1, -0.05) is 60.7 Å². The topological polar surface area (TPSA) is 86.7 Å². The van der Waals surface area contributed by atoms with Gasteiger partial charge in [0.1, 0.15) is 11.5 Å². The summed E-state index contributed by atoms with van der Waals surface area (Å²) in [5, 5.41) is 3.79. The highest BCUT2D eigenvalue weighted by Crippen LogP contribution is 2.37. The highest BCUT2D eigenvalue weighted by Gasteiger charge is 2.40. The molecule has 1 aliphatic heterocycles. The molecule has 0 aromatic heterocycles. The van der Waals surface area contributed by atoms with Crippen molar-refractivity contribution in [3.05, 3.63) is 81.7 Å². The van der Waals surface area contributed by atoms with Crippen LogP contribution in [0.25, 0.3) is 21.5 Å². The molecule has 0 saturated carbocycles. The first-order valence-corrected chi connectivity index (χ1v) is 15.1. The van der Waals surface area contributed by atoms with Crippen LogP contribution in [0.3, 0.4) is 0 Å². The quantitative estimate of drug-likeness (QED) is 0.176. The molecule has 0 radical (unpaired) electrons. The fourth-order valence-corrected chi connectivity index (χ4v) is 8.15. The van der Waals surface area contributed by atoms with Crippen molar-refractivity contribution in [1.82, 2.24) is 0 Å². The highest BCUT2D eigenvalue weighted by atomic mass is 79.9. The molecule has 0 bridgehead atoms. The Kier molecular flexibility index (Phi) is 7.38. The summed E-state index contributed by atoms with van der Waals surface area (Å²) >= 11 is 7.00. The molecule has 1 heterocycles. The van der Waals surface area contributed by atoms with E-state index in [1.165, 1.54) is 0 Å². The molecule has 1 fully saturated rings. The van der Waals surface area contributed by atoms with E-state index in [-0.39, 0.29) is 24.3 Å². The van der Waals surface area contributed by atoms with Crippen molar-refractivity contribution in [2.24, 2.45) is 11.8 Å². The maximum absolute atomic E-state index is 12.8. The number of fused-ring (bicyclic) bond motifs is 2. The minimum atomic E-state index is -3.39. The fraction of sp³-hybridized carbons (Fsp3) is 0.214. The smallest absolute Gasteiger partial charge is 0.311 e. The van der Waals surface area contributed by atoms with Crippen LogP contribution in [-0.4, -0.2) is 31.9 Å². The van der Waals surface area contributed by atoms with Gasteiger partial charge in [-0.05, 0) is 77.4 Å². The summed E-state index contributed by atoms with van der Waals surface area (Å²) in [5.74, 6) is -1.78. The van der Waals surface area contributed by atoms with E-state index in [0.29, 0.717) is 20.4 Å². The normalized spacial score (nSPS) is 18.6. The van der Waals surface area contributed by atoms with Gasteiger partial charge in [0.2, 0.25) is 0 Å². The molecule has 0 aliphatic carbocycles. The Morgan fingerprint density at radius 2 is 1.08 bits per heavy atom. The molecule has 4 aromatic carbocycles. The van der Waals surface area contributed by atoms with Crippen LogP contribution in [0.2, 0.25) is 0 Å². The van der Waals surface area contributed by atoms with Crippen LogP contribution in [-0.2, 0) is 19.4 Å². The molecule has 0 spiro atoms. The molecular formula is C28H22Br2O6S. The third-order valence-electron chi connectivity index (χ3n) is 6.56. The van der Waals surface area contributed by atoms with Crippen LogP contribution in [0, 0.1) is 11.8 Å².